The van der Waals surface area contributed by atoms with Crippen molar-refractivity contribution in [1.82, 2.24) is 4.90 Å². The van der Waals surface area contributed by atoms with E-state index in [1.165, 1.54) is 17.0 Å². The van der Waals surface area contributed by atoms with Gasteiger partial charge in [0.25, 0.3) is 0 Å². The van der Waals surface area contributed by atoms with E-state index in [0.717, 1.165) is 11.3 Å². The maximum atomic E-state index is 12.6. The molecule has 0 aliphatic carbocycles. The predicted octanol–water partition coefficient (Wildman–Crippen LogP) is 2.42. The van der Waals surface area contributed by atoms with Crippen molar-refractivity contribution in [2.24, 2.45) is 0 Å². The molecule has 1 amide bonds. The maximum Gasteiger partial charge on any atom is 0.407 e. The molecule has 1 aliphatic rings. The second kappa shape index (κ2) is 4.74. The fourth-order valence-corrected chi connectivity index (χ4v) is 2.69. The molecule has 5 heteroatoms. The maximum absolute atomic E-state index is 12.6. The van der Waals surface area contributed by atoms with Crippen LogP contribution in [0.3, 0.4) is 0 Å². The van der Waals surface area contributed by atoms with Crippen LogP contribution in [0, 0.1) is 5.82 Å². The van der Waals surface area contributed by atoms with Gasteiger partial charge in [0, 0.05) is 24.1 Å². The molecule has 1 fully saturated rings. The van der Waals surface area contributed by atoms with Crippen LogP contribution in [-0.4, -0.2) is 34.4 Å². The van der Waals surface area contributed by atoms with Crippen LogP contribution in [0.15, 0.2) is 24.3 Å². The van der Waals surface area contributed by atoms with Gasteiger partial charge >= 0.3 is 6.09 Å². The molecule has 1 saturated heterocycles. The number of hydrogen-bond acceptors (Lipinski definition) is 2. The number of halogens is 1. The standard InChI is InChI=1S/C11H12FNO2S/c12-9-3-1-8(2-4-9)7-16-10-5-13(6-10)11(14)15/h1-4,10H,5-7H2,(H,14,15). The Morgan fingerprint density at radius 1 is 1.44 bits per heavy atom. The van der Waals surface area contributed by atoms with Gasteiger partial charge in [-0.3, -0.25) is 0 Å². The number of carboxylic acid groups (broad SMARTS) is 1. The first kappa shape index (κ1) is 11.3. The molecule has 0 aromatic heterocycles. The largest absolute Gasteiger partial charge is 0.465 e. The van der Waals surface area contributed by atoms with E-state index in [4.69, 9.17) is 5.11 Å². The van der Waals surface area contributed by atoms with Crippen molar-refractivity contribution in [2.45, 2.75) is 11.0 Å². The van der Waals surface area contributed by atoms with Gasteiger partial charge in [0.05, 0.1) is 0 Å². The minimum atomic E-state index is -0.848. The third-order valence-electron chi connectivity index (χ3n) is 2.52. The minimum Gasteiger partial charge on any atom is -0.465 e. The van der Waals surface area contributed by atoms with E-state index in [1.54, 1.807) is 23.9 Å². The van der Waals surface area contributed by atoms with Crippen LogP contribution in [0.4, 0.5) is 9.18 Å². The lowest BCUT2D eigenvalue weighted by Gasteiger charge is -2.36. The molecule has 0 spiro atoms. The monoisotopic (exact) mass is 241 g/mol. The van der Waals surface area contributed by atoms with E-state index in [9.17, 15) is 9.18 Å². The lowest BCUT2D eigenvalue weighted by Crippen LogP contribution is -2.51. The highest BCUT2D eigenvalue weighted by atomic mass is 32.2. The minimum absolute atomic E-state index is 0.227. The number of rotatable bonds is 3. The Balaban J connectivity index is 1.73. The topological polar surface area (TPSA) is 40.5 Å². The summed E-state index contributed by atoms with van der Waals surface area (Å²) in [6.07, 6.45) is -0.848. The van der Waals surface area contributed by atoms with Crippen LogP contribution >= 0.6 is 11.8 Å². The molecule has 0 unspecified atom stereocenters. The van der Waals surface area contributed by atoms with Gasteiger partial charge in [0.2, 0.25) is 0 Å². The molecule has 0 saturated carbocycles. The first-order valence-electron chi connectivity index (χ1n) is 4.99. The normalized spacial score (nSPS) is 15.9. The first-order valence-corrected chi connectivity index (χ1v) is 6.04. The molecule has 1 heterocycles. The molecule has 1 aliphatic heterocycles. The lowest BCUT2D eigenvalue weighted by molar-refractivity contribution is 0.121. The van der Waals surface area contributed by atoms with E-state index in [2.05, 4.69) is 0 Å². The van der Waals surface area contributed by atoms with Crippen molar-refractivity contribution in [1.29, 1.82) is 0 Å². The van der Waals surface area contributed by atoms with Crippen molar-refractivity contribution in [2.75, 3.05) is 13.1 Å². The van der Waals surface area contributed by atoms with E-state index >= 15 is 0 Å². The summed E-state index contributed by atoms with van der Waals surface area (Å²) >= 11 is 1.72. The number of carbonyl (C=O) groups is 1. The molecule has 16 heavy (non-hydrogen) atoms. The van der Waals surface area contributed by atoms with E-state index in [0.29, 0.717) is 18.3 Å². The molecule has 86 valence electrons. The summed E-state index contributed by atoms with van der Waals surface area (Å²) in [7, 11) is 0. The Morgan fingerprint density at radius 2 is 2.06 bits per heavy atom. The molecular weight excluding hydrogens is 229 g/mol. The average molecular weight is 241 g/mol. The van der Waals surface area contributed by atoms with Gasteiger partial charge in [0.15, 0.2) is 0 Å². The van der Waals surface area contributed by atoms with E-state index in [-0.39, 0.29) is 5.82 Å². The van der Waals surface area contributed by atoms with Gasteiger partial charge in [-0.15, -0.1) is 0 Å². The predicted molar refractivity (Wildman–Crippen MR) is 61.1 cm³/mol. The SMILES string of the molecule is O=C(O)N1CC(SCc2ccc(F)cc2)C1. The molecule has 1 N–H and O–H groups in total. The zero-order chi connectivity index (χ0) is 11.5. The summed E-state index contributed by atoms with van der Waals surface area (Å²) in [5, 5.41) is 9.02. The van der Waals surface area contributed by atoms with Gasteiger partial charge < -0.3 is 10.0 Å². The number of benzene rings is 1. The molecule has 0 radical (unpaired) electrons. The fraction of sp³-hybridized carbons (Fsp3) is 0.364. The highest BCUT2D eigenvalue weighted by molar-refractivity contribution is 7.99. The number of thioether (sulfide) groups is 1. The van der Waals surface area contributed by atoms with Gasteiger partial charge in [-0.2, -0.15) is 11.8 Å². The van der Waals surface area contributed by atoms with Crippen molar-refractivity contribution in [3.05, 3.63) is 35.6 Å². The quantitative estimate of drug-likeness (QED) is 0.883. The molecule has 3 nitrogen and oxygen atoms in total. The highest BCUT2D eigenvalue weighted by Crippen LogP contribution is 2.25. The van der Waals surface area contributed by atoms with Crippen LogP contribution in [0.5, 0.6) is 0 Å². The lowest BCUT2D eigenvalue weighted by atomic mass is 10.2. The number of amides is 1. The summed E-state index contributed by atoms with van der Waals surface area (Å²) in [6, 6.07) is 6.41. The summed E-state index contributed by atoms with van der Waals surface area (Å²) in [5.74, 6) is 0.577. The smallest absolute Gasteiger partial charge is 0.407 e. The average Bonchev–Trinajstić information content (AvgIpc) is 2.18. The van der Waals surface area contributed by atoms with Gasteiger partial charge in [-0.25, -0.2) is 9.18 Å². The van der Waals surface area contributed by atoms with Gasteiger partial charge in [0.1, 0.15) is 5.82 Å². The van der Waals surface area contributed by atoms with Gasteiger partial charge in [-0.1, -0.05) is 12.1 Å². The number of likely N-dealkylation sites (tertiary alicyclic amines) is 1. The Hall–Kier alpha value is -1.23. The summed E-state index contributed by atoms with van der Waals surface area (Å²) in [6.45, 7) is 1.20. The van der Waals surface area contributed by atoms with Crippen LogP contribution in [0.1, 0.15) is 5.56 Å². The van der Waals surface area contributed by atoms with Crippen LogP contribution in [-0.2, 0) is 5.75 Å². The molecular formula is C11H12FNO2S. The van der Waals surface area contributed by atoms with Crippen LogP contribution < -0.4 is 0 Å². The zero-order valence-electron chi connectivity index (χ0n) is 8.60. The molecule has 1 aromatic rings. The molecule has 0 atom stereocenters. The summed E-state index contributed by atoms with van der Waals surface area (Å²) < 4.78 is 12.6. The molecule has 0 bridgehead atoms. The summed E-state index contributed by atoms with van der Waals surface area (Å²) in [4.78, 5) is 11.9. The number of hydrogen-bond donors (Lipinski definition) is 1. The van der Waals surface area contributed by atoms with E-state index in [1.807, 2.05) is 0 Å². The second-order valence-electron chi connectivity index (χ2n) is 3.75. The van der Waals surface area contributed by atoms with Crippen molar-refractivity contribution in [3.8, 4) is 0 Å². The zero-order valence-corrected chi connectivity index (χ0v) is 9.41. The van der Waals surface area contributed by atoms with Crippen molar-refractivity contribution >= 4 is 17.9 Å². The third kappa shape index (κ3) is 2.66. The molecule has 1 aromatic carbocycles. The second-order valence-corrected chi connectivity index (χ2v) is 5.04. The fourth-order valence-electron chi connectivity index (χ4n) is 1.49. The Labute approximate surface area is 97.3 Å². The Kier molecular flexibility index (Phi) is 3.33. The van der Waals surface area contributed by atoms with Crippen molar-refractivity contribution < 1.29 is 14.3 Å². The third-order valence-corrected chi connectivity index (χ3v) is 3.79. The Bertz CT molecular complexity index is 376. The highest BCUT2D eigenvalue weighted by Gasteiger charge is 2.30. The molecule has 2 rings (SSSR count). The number of nitrogens with zero attached hydrogens (tertiary/aromatic N) is 1. The van der Waals surface area contributed by atoms with E-state index < -0.39 is 6.09 Å². The van der Waals surface area contributed by atoms with Crippen LogP contribution in [0.2, 0.25) is 0 Å². The summed E-state index contributed by atoms with van der Waals surface area (Å²) in [5.41, 5.74) is 1.07. The first-order chi connectivity index (χ1) is 7.65. The van der Waals surface area contributed by atoms with Gasteiger partial charge in [-0.05, 0) is 17.7 Å². The van der Waals surface area contributed by atoms with Crippen molar-refractivity contribution in [3.63, 3.8) is 0 Å². The Morgan fingerprint density at radius 3 is 2.62 bits per heavy atom. The van der Waals surface area contributed by atoms with Crippen LogP contribution in [0.25, 0.3) is 0 Å².